The number of fused-ring (bicyclic) bond motifs is 1. The molecule has 194 valence electrons. The first-order chi connectivity index (χ1) is 17.6. The van der Waals surface area contributed by atoms with Crippen LogP contribution < -0.4 is 19.5 Å². The maximum atomic E-state index is 13.6. The van der Waals surface area contributed by atoms with E-state index in [1.807, 2.05) is 0 Å². The van der Waals surface area contributed by atoms with Crippen molar-refractivity contribution in [2.45, 2.75) is 18.9 Å². The number of allylic oxidation sites excluding steroid dienone is 1. The second kappa shape index (κ2) is 9.78. The Balaban J connectivity index is 1.73. The predicted octanol–water partition coefficient (Wildman–Crippen LogP) is 3.85. The van der Waals surface area contributed by atoms with Crippen LogP contribution in [0.2, 0.25) is 5.02 Å². The van der Waals surface area contributed by atoms with Crippen molar-refractivity contribution in [2.75, 3.05) is 33.8 Å². The number of esters is 2. The number of benzene rings is 2. The zero-order valence-corrected chi connectivity index (χ0v) is 21.5. The summed E-state index contributed by atoms with van der Waals surface area (Å²) >= 11 is 6.42. The van der Waals surface area contributed by atoms with Crippen molar-refractivity contribution in [3.8, 4) is 17.2 Å². The maximum absolute atomic E-state index is 13.6. The fourth-order valence-corrected chi connectivity index (χ4v) is 4.83. The van der Waals surface area contributed by atoms with E-state index in [0.29, 0.717) is 5.70 Å². The van der Waals surface area contributed by atoms with Crippen molar-refractivity contribution >= 4 is 40.8 Å². The van der Waals surface area contributed by atoms with Gasteiger partial charge in [-0.05, 0) is 24.6 Å². The fourth-order valence-electron chi connectivity index (χ4n) is 4.57. The molecule has 0 amide bonds. The van der Waals surface area contributed by atoms with Crippen LogP contribution >= 0.6 is 11.6 Å². The number of hydrogen-bond acceptors (Lipinski definition) is 10. The van der Waals surface area contributed by atoms with Crippen molar-refractivity contribution < 1.29 is 42.9 Å². The van der Waals surface area contributed by atoms with Gasteiger partial charge in [-0.3, -0.25) is 9.59 Å². The van der Waals surface area contributed by atoms with Crippen LogP contribution in [0.1, 0.15) is 44.4 Å². The second-order valence-corrected chi connectivity index (χ2v) is 8.85. The molecular formula is C26H24ClNO9. The molecule has 37 heavy (non-hydrogen) atoms. The molecule has 0 saturated carbocycles. The van der Waals surface area contributed by atoms with Gasteiger partial charge >= 0.3 is 11.9 Å². The average molecular weight is 530 g/mol. The molecule has 2 aromatic carbocycles. The third-order valence-electron chi connectivity index (χ3n) is 6.45. The number of ketones is 2. The van der Waals surface area contributed by atoms with E-state index in [4.69, 9.17) is 35.3 Å². The Morgan fingerprint density at radius 3 is 2.30 bits per heavy atom. The zero-order chi connectivity index (χ0) is 27.1. The molecule has 11 heteroatoms. The summed E-state index contributed by atoms with van der Waals surface area (Å²) in [5, 5.41) is 3.09. The molecule has 4 rings (SSSR count). The third-order valence-corrected chi connectivity index (χ3v) is 6.81. The van der Waals surface area contributed by atoms with E-state index in [0.717, 1.165) is 0 Å². The number of ether oxygens (including phenoxy) is 5. The molecule has 2 aliphatic rings. The van der Waals surface area contributed by atoms with Crippen LogP contribution in [0.5, 0.6) is 17.2 Å². The minimum absolute atomic E-state index is 0.0200. The van der Waals surface area contributed by atoms with Gasteiger partial charge in [0.2, 0.25) is 17.2 Å². The second-order valence-electron chi connectivity index (χ2n) is 8.47. The van der Waals surface area contributed by atoms with Crippen LogP contribution in [-0.2, 0) is 14.3 Å². The van der Waals surface area contributed by atoms with E-state index in [1.165, 1.54) is 58.8 Å². The molecule has 1 N–H and O–H groups in total. The standard InChI is InChI=1S/C26H24ClNO9/c1-12-8-14(28-16-9-13(24(31)35-4)6-7-15(16)25(32)36-5)10-19(29)26(12)23(30)20-17(33-2)11-18(34-3)21(27)22(20)37-26/h6-7,9-12,28H,8H2,1-5H3/t12-,26+/m1/s1. The first kappa shape index (κ1) is 26.0. The minimum Gasteiger partial charge on any atom is -0.496 e. The number of Topliss-reactive ketones (excluding diaryl/α,β-unsaturated/α-hetero) is 1. The predicted molar refractivity (Wildman–Crippen MR) is 132 cm³/mol. The van der Waals surface area contributed by atoms with E-state index >= 15 is 0 Å². The normalized spacial score (nSPS) is 20.1. The average Bonchev–Trinajstić information content (AvgIpc) is 3.21. The van der Waals surface area contributed by atoms with Gasteiger partial charge in [-0.1, -0.05) is 18.5 Å². The summed E-state index contributed by atoms with van der Waals surface area (Å²) < 4.78 is 26.2. The van der Waals surface area contributed by atoms with Gasteiger partial charge in [0.25, 0.3) is 0 Å². The molecule has 0 saturated heterocycles. The van der Waals surface area contributed by atoms with Crippen LogP contribution in [0, 0.1) is 5.92 Å². The lowest BCUT2D eigenvalue weighted by Gasteiger charge is -2.35. The van der Waals surface area contributed by atoms with E-state index in [9.17, 15) is 19.2 Å². The van der Waals surface area contributed by atoms with Crippen molar-refractivity contribution in [2.24, 2.45) is 5.92 Å². The number of hydrogen-bond donors (Lipinski definition) is 1. The quantitative estimate of drug-likeness (QED) is 0.435. The molecule has 1 aliphatic heterocycles. The summed E-state index contributed by atoms with van der Waals surface area (Å²) in [4.78, 5) is 51.5. The molecule has 2 aromatic rings. The number of nitrogens with one attached hydrogen (secondary N) is 1. The summed E-state index contributed by atoms with van der Waals surface area (Å²) in [6.45, 7) is 1.69. The first-order valence-electron chi connectivity index (χ1n) is 11.1. The lowest BCUT2D eigenvalue weighted by Crippen LogP contribution is -2.55. The Kier molecular flexibility index (Phi) is 6.88. The van der Waals surface area contributed by atoms with Gasteiger partial charge in [0.1, 0.15) is 22.1 Å². The number of carbonyl (C=O) groups is 4. The first-order valence-corrected chi connectivity index (χ1v) is 11.5. The van der Waals surface area contributed by atoms with E-state index in [-0.39, 0.29) is 51.1 Å². The molecule has 0 fully saturated rings. The molecule has 1 heterocycles. The van der Waals surface area contributed by atoms with Crippen molar-refractivity contribution in [1.29, 1.82) is 0 Å². The Bertz CT molecular complexity index is 1370. The SMILES string of the molecule is COC(=O)c1ccc(C(=O)OC)c(NC2=CC(=O)[C@@]3(Oc4c(Cl)c(OC)cc(OC)c4C3=O)[C@H](C)C2)c1. The van der Waals surface area contributed by atoms with Crippen LogP contribution in [0.4, 0.5) is 5.69 Å². The highest BCUT2D eigenvalue weighted by Gasteiger charge is 2.60. The molecule has 2 atom stereocenters. The van der Waals surface area contributed by atoms with Crippen molar-refractivity contribution in [3.63, 3.8) is 0 Å². The number of halogens is 1. The minimum atomic E-state index is -1.85. The topological polar surface area (TPSA) is 126 Å². The highest BCUT2D eigenvalue weighted by Crippen LogP contribution is 2.53. The van der Waals surface area contributed by atoms with Gasteiger partial charge in [-0.15, -0.1) is 0 Å². The van der Waals surface area contributed by atoms with Gasteiger partial charge < -0.3 is 29.0 Å². The molecule has 1 aliphatic carbocycles. The van der Waals surface area contributed by atoms with Gasteiger partial charge in [0.15, 0.2) is 5.75 Å². The fraction of sp³-hybridized carbons (Fsp3) is 0.308. The smallest absolute Gasteiger partial charge is 0.339 e. The number of methoxy groups -OCH3 is 4. The number of anilines is 1. The zero-order valence-electron chi connectivity index (χ0n) is 20.7. The van der Waals surface area contributed by atoms with E-state index in [1.54, 1.807) is 6.92 Å². The Morgan fingerprint density at radius 1 is 1.03 bits per heavy atom. The maximum Gasteiger partial charge on any atom is 0.339 e. The molecule has 0 unspecified atom stereocenters. The molecule has 10 nitrogen and oxygen atoms in total. The molecule has 0 radical (unpaired) electrons. The van der Waals surface area contributed by atoms with E-state index < -0.39 is 35.0 Å². The summed E-state index contributed by atoms with van der Waals surface area (Å²) in [5.41, 5.74) is -0.828. The number of carbonyl (C=O) groups excluding carboxylic acids is 4. The Labute approximate surface area is 217 Å². The molecule has 0 bridgehead atoms. The molecule has 1 spiro atoms. The number of rotatable bonds is 6. The molecule has 0 aromatic heterocycles. The van der Waals surface area contributed by atoms with Gasteiger partial charge in [0, 0.05) is 23.8 Å². The summed E-state index contributed by atoms with van der Waals surface area (Å²) in [6.07, 6.45) is 1.43. The largest absolute Gasteiger partial charge is 0.496 e. The van der Waals surface area contributed by atoms with Gasteiger partial charge in [0.05, 0.1) is 45.3 Å². The van der Waals surface area contributed by atoms with Gasteiger partial charge in [-0.2, -0.15) is 0 Å². The van der Waals surface area contributed by atoms with Crippen LogP contribution in [0.15, 0.2) is 36.0 Å². The Hall–Kier alpha value is -4.05. The summed E-state index contributed by atoms with van der Waals surface area (Å²) in [6, 6.07) is 5.72. The van der Waals surface area contributed by atoms with Crippen LogP contribution in [-0.4, -0.2) is 57.5 Å². The highest BCUT2D eigenvalue weighted by molar-refractivity contribution is 6.36. The highest BCUT2D eigenvalue weighted by atomic mass is 35.5. The van der Waals surface area contributed by atoms with Crippen molar-refractivity contribution in [1.82, 2.24) is 0 Å². The Morgan fingerprint density at radius 2 is 1.70 bits per heavy atom. The monoisotopic (exact) mass is 529 g/mol. The summed E-state index contributed by atoms with van der Waals surface area (Å²) in [7, 11) is 5.26. The lowest BCUT2D eigenvalue weighted by atomic mass is 9.74. The molecular weight excluding hydrogens is 506 g/mol. The van der Waals surface area contributed by atoms with Gasteiger partial charge in [-0.25, -0.2) is 9.59 Å². The third kappa shape index (κ3) is 4.07. The van der Waals surface area contributed by atoms with E-state index in [2.05, 4.69) is 5.32 Å². The summed E-state index contributed by atoms with van der Waals surface area (Å²) in [5.74, 6) is -2.66. The van der Waals surface area contributed by atoms with Crippen LogP contribution in [0.3, 0.4) is 0 Å². The van der Waals surface area contributed by atoms with Crippen LogP contribution in [0.25, 0.3) is 0 Å². The lowest BCUT2D eigenvalue weighted by molar-refractivity contribution is -0.129. The van der Waals surface area contributed by atoms with Crippen molar-refractivity contribution in [3.05, 3.63) is 57.8 Å².